The van der Waals surface area contributed by atoms with Crippen LogP contribution >= 0.6 is 0 Å². The first-order valence-corrected chi connectivity index (χ1v) is 8.40. The van der Waals surface area contributed by atoms with Gasteiger partial charge < -0.3 is 0 Å². The van der Waals surface area contributed by atoms with E-state index in [1.807, 2.05) is 13.8 Å². The molecule has 0 radical (unpaired) electrons. The van der Waals surface area contributed by atoms with Gasteiger partial charge in [0.2, 0.25) is 0 Å². The maximum atomic E-state index is 12.5. The summed E-state index contributed by atoms with van der Waals surface area (Å²) in [6.07, 6.45) is 9.23. The van der Waals surface area contributed by atoms with Gasteiger partial charge in [0.15, 0.2) is 0 Å². The second-order valence-electron chi connectivity index (χ2n) is 6.11. The van der Waals surface area contributed by atoms with Gasteiger partial charge in [-0.2, -0.15) is 4.89 Å². The summed E-state index contributed by atoms with van der Waals surface area (Å²) in [7, 11) is 0. The topological polar surface area (TPSA) is 35.5 Å². The molecular formula is C17H34O3. The zero-order valence-electron chi connectivity index (χ0n) is 14.2. The summed E-state index contributed by atoms with van der Waals surface area (Å²) >= 11 is 0. The van der Waals surface area contributed by atoms with Gasteiger partial charge in [-0.1, -0.05) is 59.3 Å². The smallest absolute Gasteiger partial charge is 0.297 e. The predicted molar refractivity (Wildman–Crippen MR) is 83.3 cm³/mol. The molecule has 3 heteroatoms. The predicted octanol–water partition coefficient (Wildman–Crippen LogP) is 5.43. The SMILES string of the molecule is CCCCC(CCCC)(CCCC)C(=O)OOC(C)C. The molecule has 0 N–H and O–H groups in total. The van der Waals surface area contributed by atoms with Crippen molar-refractivity contribution in [1.82, 2.24) is 0 Å². The minimum atomic E-state index is -0.336. The van der Waals surface area contributed by atoms with Crippen LogP contribution in [0.15, 0.2) is 0 Å². The molecule has 20 heavy (non-hydrogen) atoms. The first-order chi connectivity index (χ1) is 9.52. The van der Waals surface area contributed by atoms with Gasteiger partial charge in [0.25, 0.3) is 0 Å². The van der Waals surface area contributed by atoms with E-state index in [4.69, 9.17) is 9.78 Å². The Morgan fingerprint density at radius 2 is 1.30 bits per heavy atom. The van der Waals surface area contributed by atoms with Crippen LogP contribution in [0.3, 0.4) is 0 Å². The lowest BCUT2D eigenvalue weighted by atomic mass is 9.74. The molecule has 0 aliphatic carbocycles. The zero-order valence-corrected chi connectivity index (χ0v) is 14.2. The van der Waals surface area contributed by atoms with Crippen molar-refractivity contribution in [3.05, 3.63) is 0 Å². The molecule has 0 aliphatic rings. The van der Waals surface area contributed by atoms with Crippen LogP contribution in [-0.2, 0) is 14.6 Å². The molecule has 120 valence electrons. The van der Waals surface area contributed by atoms with Gasteiger partial charge in [0, 0.05) is 0 Å². The Kier molecular flexibility index (Phi) is 10.8. The van der Waals surface area contributed by atoms with Crippen LogP contribution in [0.4, 0.5) is 0 Å². The van der Waals surface area contributed by atoms with Crippen LogP contribution in [0.25, 0.3) is 0 Å². The van der Waals surface area contributed by atoms with Gasteiger partial charge in [-0.05, 0) is 33.1 Å². The summed E-state index contributed by atoms with van der Waals surface area (Å²) in [5.74, 6) is -0.151. The summed E-state index contributed by atoms with van der Waals surface area (Å²) in [5, 5.41) is 0. The largest absolute Gasteiger partial charge is 0.348 e. The second-order valence-corrected chi connectivity index (χ2v) is 6.11. The molecule has 0 atom stereocenters. The summed E-state index contributed by atoms with van der Waals surface area (Å²) in [6, 6.07) is 0. The van der Waals surface area contributed by atoms with Crippen molar-refractivity contribution in [3.8, 4) is 0 Å². The molecule has 0 heterocycles. The highest BCUT2D eigenvalue weighted by Gasteiger charge is 2.39. The minimum absolute atomic E-state index is 0.0832. The van der Waals surface area contributed by atoms with E-state index in [1.165, 1.54) is 0 Å². The molecule has 0 saturated carbocycles. The fourth-order valence-corrected chi connectivity index (χ4v) is 2.45. The lowest BCUT2D eigenvalue weighted by Gasteiger charge is -2.31. The van der Waals surface area contributed by atoms with Crippen LogP contribution in [0.2, 0.25) is 0 Å². The van der Waals surface area contributed by atoms with E-state index in [1.54, 1.807) is 0 Å². The van der Waals surface area contributed by atoms with E-state index in [0.717, 1.165) is 57.8 Å². The maximum absolute atomic E-state index is 12.5. The van der Waals surface area contributed by atoms with Crippen molar-refractivity contribution in [3.63, 3.8) is 0 Å². The molecule has 0 saturated heterocycles. The molecule has 0 aromatic carbocycles. The average molecular weight is 286 g/mol. The fraction of sp³-hybridized carbons (Fsp3) is 0.941. The number of rotatable bonds is 12. The molecule has 0 aliphatic heterocycles. The Bertz CT molecular complexity index is 227. The van der Waals surface area contributed by atoms with Gasteiger partial charge >= 0.3 is 5.97 Å². The molecule has 0 bridgehead atoms. The van der Waals surface area contributed by atoms with Gasteiger partial charge in [0.1, 0.15) is 0 Å². The number of unbranched alkanes of at least 4 members (excludes halogenated alkanes) is 3. The molecule has 0 rings (SSSR count). The molecule has 3 nitrogen and oxygen atoms in total. The Morgan fingerprint density at radius 3 is 1.60 bits per heavy atom. The first kappa shape index (κ1) is 19.4. The van der Waals surface area contributed by atoms with Crippen molar-refractivity contribution >= 4 is 5.97 Å². The number of hydrogen-bond donors (Lipinski definition) is 0. The third-order valence-electron chi connectivity index (χ3n) is 3.78. The van der Waals surface area contributed by atoms with E-state index in [-0.39, 0.29) is 17.5 Å². The van der Waals surface area contributed by atoms with E-state index in [2.05, 4.69) is 20.8 Å². The van der Waals surface area contributed by atoms with E-state index in [0.29, 0.717) is 0 Å². The monoisotopic (exact) mass is 286 g/mol. The van der Waals surface area contributed by atoms with Crippen LogP contribution in [0.5, 0.6) is 0 Å². The van der Waals surface area contributed by atoms with Crippen molar-refractivity contribution in [2.24, 2.45) is 5.41 Å². The highest BCUT2D eigenvalue weighted by molar-refractivity contribution is 5.76. The summed E-state index contributed by atoms with van der Waals surface area (Å²) in [5.41, 5.74) is -0.336. The molecule has 0 spiro atoms. The first-order valence-electron chi connectivity index (χ1n) is 8.40. The van der Waals surface area contributed by atoms with Crippen molar-refractivity contribution in [2.75, 3.05) is 0 Å². The van der Waals surface area contributed by atoms with Gasteiger partial charge in [-0.25, -0.2) is 4.79 Å². The van der Waals surface area contributed by atoms with E-state index >= 15 is 0 Å². The molecule has 0 aromatic rings. The van der Waals surface area contributed by atoms with Gasteiger partial charge in [0.05, 0.1) is 11.5 Å². The Hall–Kier alpha value is -0.570. The molecule has 0 amide bonds. The number of carbonyl (C=O) groups excluding carboxylic acids is 1. The van der Waals surface area contributed by atoms with Crippen molar-refractivity contribution in [2.45, 2.75) is 98.5 Å². The number of carbonyl (C=O) groups is 1. The lowest BCUT2D eigenvalue weighted by Crippen LogP contribution is -2.34. The molecular weight excluding hydrogens is 252 g/mol. The van der Waals surface area contributed by atoms with Gasteiger partial charge in [-0.15, -0.1) is 0 Å². The third kappa shape index (κ3) is 7.28. The van der Waals surface area contributed by atoms with E-state index in [9.17, 15) is 4.79 Å². The zero-order chi connectivity index (χ0) is 15.4. The second kappa shape index (κ2) is 11.1. The fourth-order valence-electron chi connectivity index (χ4n) is 2.45. The molecule has 0 aromatic heterocycles. The third-order valence-corrected chi connectivity index (χ3v) is 3.78. The highest BCUT2D eigenvalue weighted by Crippen LogP contribution is 2.38. The Labute approximate surface area is 125 Å². The van der Waals surface area contributed by atoms with Crippen LogP contribution in [-0.4, -0.2) is 12.1 Å². The normalized spacial score (nSPS) is 11.9. The molecule has 0 fully saturated rings. The quantitative estimate of drug-likeness (QED) is 0.354. The summed E-state index contributed by atoms with van der Waals surface area (Å²) in [4.78, 5) is 22.8. The lowest BCUT2D eigenvalue weighted by molar-refractivity contribution is -0.300. The maximum Gasteiger partial charge on any atom is 0.348 e. The van der Waals surface area contributed by atoms with Gasteiger partial charge in [-0.3, -0.25) is 4.89 Å². The average Bonchev–Trinajstić information content (AvgIpc) is 2.44. The van der Waals surface area contributed by atoms with Crippen LogP contribution in [0, 0.1) is 5.41 Å². The van der Waals surface area contributed by atoms with Crippen LogP contribution in [0.1, 0.15) is 92.4 Å². The Morgan fingerprint density at radius 1 is 0.900 bits per heavy atom. The van der Waals surface area contributed by atoms with Crippen LogP contribution < -0.4 is 0 Å². The van der Waals surface area contributed by atoms with Crippen molar-refractivity contribution in [1.29, 1.82) is 0 Å². The number of hydrogen-bond acceptors (Lipinski definition) is 3. The highest BCUT2D eigenvalue weighted by atomic mass is 17.2. The molecule has 0 unspecified atom stereocenters. The Balaban J connectivity index is 4.85. The minimum Gasteiger partial charge on any atom is -0.297 e. The standard InChI is InChI=1S/C17H34O3/c1-6-9-12-17(13-10-7-2,14-11-8-3)16(18)20-19-15(4)5/h15H,6-14H2,1-5H3. The summed E-state index contributed by atoms with van der Waals surface area (Å²) in [6.45, 7) is 10.2. The van der Waals surface area contributed by atoms with E-state index < -0.39 is 0 Å². The summed E-state index contributed by atoms with van der Waals surface area (Å²) < 4.78 is 0. The van der Waals surface area contributed by atoms with Crippen molar-refractivity contribution < 1.29 is 14.6 Å².